The molecular formula is C22H31F3N4O4. The fraction of sp³-hybridized carbons (Fsp3) is 0.682. The summed E-state index contributed by atoms with van der Waals surface area (Å²) in [6, 6.07) is 6.22. The molecule has 3 fully saturated rings. The summed E-state index contributed by atoms with van der Waals surface area (Å²) in [6.07, 6.45) is 2.56. The van der Waals surface area contributed by atoms with Crippen molar-refractivity contribution in [1.82, 2.24) is 20.1 Å². The number of likely N-dealkylation sites (tertiary alicyclic amines) is 2. The molecule has 0 saturated carbocycles. The van der Waals surface area contributed by atoms with E-state index in [2.05, 4.69) is 27.3 Å². The standard InChI is InChI=1S/C20H30N4O2.C2HF3O2/c25-19(24-11-3-4-12-24)22-10-7-20-8-14-26-18(20)6-13-23(16-20)15-17-5-1-2-9-21-17;3-2(4,5)1(6)7/h1-2,5,9,18H,3-4,6-8,10-16H2,(H,22,25);(H,6,7)/t18-,20+;/m1./s1. The number of carbonyl (C=O) groups is 2. The Morgan fingerprint density at radius 2 is 1.97 bits per heavy atom. The number of fused-ring (bicyclic) bond motifs is 1. The van der Waals surface area contributed by atoms with Crippen LogP contribution >= 0.6 is 0 Å². The predicted molar refractivity (Wildman–Crippen MR) is 113 cm³/mol. The van der Waals surface area contributed by atoms with Gasteiger partial charge < -0.3 is 20.1 Å². The van der Waals surface area contributed by atoms with E-state index in [1.807, 2.05) is 17.2 Å². The van der Waals surface area contributed by atoms with Gasteiger partial charge >= 0.3 is 18.2 Å². The van der Waals surface area contributed by atoms with Gasteiger partial charge in [-0.25, -0.2) is 9.59 Å². The second-order valence-electron chi connectivity index (χ2n) is 8.77. The van der Waals surface area contributed by atoms with Gasteiger partial charge in [0.1, 0.15) is 0 Å². The molecule has 0 radical (unpaired) electrons. The number of nitrogens with one attached hydrogen (secondary N) is 1. The second-order valence-corrected chi connectivity index (χ2v) is 8.77. The Bertz CT molecular complexity index is 790. The highest BCUT2D eigenvalue weighted by Crippen LogP contribution is 2.43. The van der Waals surface area contributed by atoms with Crippen molar-refractivity contribution in [2.75, 3.05) is 39.3 Å². The highest BCUT2D eigenvalue weighted by Gasteiger charge is 2.47. The number of amides is 2. The van der Waals surface area contributed by atoms with Crippen LogP contribution in [-0.4, -0.2) is 83.5 Å². The van der Waals surface area contributed by atoms with E-state index in [0.29, 0.717) is 6.10 Å². The number of urea groups is 1. The maximum Gasteiger partial charge on any atom is 0.490 e. The Labute approximate surface area is 191 Å². The fourth-order valence-electron chi connectivity index (χ4n) is 4.81. The van der Waals surface area contributed by atoms with Crippen LogP contribution in [0.2, 0.25) is 0 Å². The van der Waals surface area contributed by atoms with Crippen LogP contribution < -0.4 is 5.32 Å². The van der Waals surface area contributed by atoms with E-state index < -0.39 is 12.1 Å². The Hall–Kier alpha value is -2.40. The van der Waals surface area contributed by atoms with Crippen molar-refractivity contribution in [3.8, 4) is 0 Å². The SMILES string of the molecule is O=C(NCC[C@@]12CCO[C@@H]1CCN(Cc1ccccn1)C2)N1CCCC1.O=C(O)C(F)(F)F. The van der Waals surface area contributed by atoms with Gasteiger partial charge in [0.25, 0.3) is 0 Å². The number of carbonyl (C=O) groups excluding carboxylic acids is 1. The summed E-state index contributed by atoms with van der Waals surface area (Å²) in [7, 11) is 0. The molecule has 1 aromatic heterocycles. The van der Waals surface area contributed by atoms with Gasteiger partial charge in [-0.3, -0.25) is 9.88 Å². The van der Waals surface area contributed by atoms with Gasteiger partial charge in [0.2, 0.25) is 0 Å². The van der Waals surface area contributed by atoms with Gasteiger partial charge in [-0.15, -0.1) is 0 Å². The summed E-state index contributed by atoms with van der Waals surface area (Å²) in [5.74, 6) is -2.76. The lowest BCUT2D eigenvalue weighted by atomic mass is 9.74. The predicted octanol–water partition coefficient (Wildman–Crippen LogP) is 2.89. The molecule has 4 heterocycles. The Kier molecular flexibility index (Phi) is 8.52. The van der Waals surface area contributed by atoms with Crippen molar-refractivity contribution in [3.05, 3.63) is 30.1 Å². The number of hydrogen-bond donors (Lipinski definition) is 2. The first-order chi connectivity index (χ1) is 15.7. The van der Waals surface area contributed by atoms with Crippen molar-refractivity contribution in [3.63, 3.8) is 0 Å². The zero-order valence-corrected chi connectivity index (χ0v) is 18.5. The van der Waals surface area contributed by atoms with Crippen LogP contribution in [0.25, 0.3) is 0 Å². The van der Waals surface area contributed by atoms with Gasteiger partial charge in [0.05, 0.1) is 11.8 Å². The third-order valence-corrected chi connectivity index (χ3v) is 6.49. The van der Waals surface area contributed by atoms with Crippen LogP contribution in [0.3, 0.4) is 0 Å². The topological polar surface area (TPSA) is 95.0 Å². The van der Waals surface area contributed by atoms with E-state index in [-0.39, 0.29) is 11.4 Å². The zero-order valence-electron chi connectivity index (χ0n) is 18.5. The Morgan fingerprint density at radius 3 is 2.61 bits per heavy atom. The number of carboxylic acids is 1. The molecule has 8 nitrogen and oxygen atoms in total. The maximum atomic E-state index is 12.2. The van der Waals surface area contributed by atoms with Crippen LogP contribution in [-0.2, 0) is 16.1 Å². The Morgan fingerprint density at radius 1 is 1.24 bits per heavy atom. The van der Waals surface area contributed by atoms with Crippen LogP contribution in [0.4, 0.5) is 18.0 Å². The average Bonchev–Trinajstić information content (AvgIpc) is 3.44. The summed E-state index contributed by atoms with van der Waals surface area (Å²) >= 11 is 0. The smallest absolute Gasteiger partial charge is 0.475 e. The molecule has 3 saturated heterocycles. The van der Waals surface area contributed by atoms with E-state index in [0.717, 1.165) is 83.7 Å². The third kappa shape index (κ3) is 7.04. The summed E-state index contributed by atoms with van der Waals surface area (Å²) < 4.78 is 37.8. The van der Waals surface area contributed by atoms with Crippen LogP contribution in [0.1, 0.15) is 37.8 Å². The Balaban J connectivity index is 0.000000383. The number of aromatic nitrogens is 1. The lowest BCUT2D eigenvalue weighted by Gasteiger charge is -2.44. The number of rotatable bonds is 5. The van der Waals surface area contributed by atoms with E-state index in [9.17, 15) is 18.0 Å². The molecule has 0 aromatic carbocycles. The molecule has 11 heteroatoms. The molecule has 2 atom stereocenters. The first kappa shape index (κ1) is 25.2. The average molecular weight is 473 g/mol. The number of aliphatic carboxylic acids is 1. The number of carboxylic acid groups (broad SMARTS) is 1. The quantitative estimate of drug-likeness (QED) is 0.685. The largest absolute Gasteiger partial charge is 0.490 e. The van der Waals surface area contributed by atoms with Gasteiger partial charge in [-0.1, -0.05) is 6.07 Å². The van der Waals surface area contributed by atoms with E-state index >= 15 is 0 Å². The lowest BCUT2D eigenvalue weighted by Crippen LogP contribution is -2.51. The van der Waals surface area contributed by atoms with Crippen LogP contribution in [0, 0.1) is 5.41 Å². The van der Waals surface area contributed by atoms with Crippen molar-refractivity contribution < 1.29 is 32.6 Å². The molecule has 1 aromatic rings. The molecule has 184 valence electrons. The molecule has 0 bridgehead atoms. The molecule has 0 aliphatic carbocycles. The van der Waals surface area contributed by atoms with Crippen LogP contribution in [0.5, 0.6) is 0 Å². The molecule has 33 heavy (non-hydrogen) atoms. The monoisotopic (exact) mass is 472 g/mol. The van der Waals surface area contributed by atoms with E-state index in [1.165, 1.54) is 0 Å². The zero-order chi connectivity index (χ0) is 23.9. The minimum Gasteiger partial charge on any atom is -0.475 e. The number of piperidine rings is 1. The molecular weight excluding hydrogens is 441 g/mol. The van der Waals surface area contributed by atoms with Gasteiger partial charge in [-0.2, -0.15) is 13.2 Å². The summed E-state index contributed by atoms with van der Waals surface area (Å²) in [4.78, 5) is 30.1. The molecule has 4 rings (SSSR count). The van der Waals surface area contributed by atoms with Gasteiger partial charge in [-0.05, 0) is 44.2 Å². The normalized spacial score (nSPS) is 25.2. The van der Waals surface area contributed by atoms with Gasteiger partial charge in [0.15, 0.2) is 0 Å². The summed E-state index contributed by atoms with van der Waals surface area (Å²) in [6.45, 7) is 6.39. The number of pyridine rings is 1. The van der Waals surface area contributed by atoms with Crippen molar-refractivity contribution in [1.29, 1.82) is 0 Å². The highest BCUT2D eigenvalue weighted by atomic mass is 19.4. The minimum atomic E-state index is -5.08. The number of hydrogen-bond acceptors (Lipinski definition) is 5. The number of halogens is 3. The number of alkyl halides is 3. The summed E-state index contributed by atoms with van der Waals surface area (Å²) in [5, 5.41) is 10.3. The summed E-state index contributed by atoms with van der Waals surface area (Å²) in [5.41, 5.74) is 1.30. The maximum absolute atomic E-state index is 12.2. The second kappa shape index (κ2) is 11.1. The van der Waals surface area contributed by atoms with E-state index in [1.54, 1.807) is 0 Å². The first-order valence-electron chi connectivity index (χ1n) is 11.3. The van der Waals surface area contributed by atoms with Gasteiger partial charge in [0, 0.05) is 57.5 Å². The molecule has 0 unspecified atom stereocenters. The minimum absolute atomic E-state index is 0.107. The van der Waals surface area contributed by atoms with Crippen molar-refractivity contribution >= 4 is 12.0 Å². The van der Waals surface area contributed by atoms with Crippen LogP contribution in [0.15, 0.2) is 24.4 Å². The highest BCUT2D eigenvalue weighted by molar-refractivity contribution is 5.74. The molecule has 2 N–H and O–H groups in total. The third-order valence-electron chi connectivity index (χ3n) is 6.49. The van der Waals surface area contributed by atoms with Crippen molar-refractivity contribution in [2.45, 2.75) is 50.9 Å². The fourth-order valence-corrected chi connectivity index (χ4v) is 4.81. The lowest BCUT2D eigenvalue weighted by molar-refractivity contribution is -0.192. The number of nitrogens with zero attached hydrogens (tertiary/aromatic N) is 3. The van der Waals surface area contributed by atoms with E-state index in [4.69, 9.17) is 14.6 Å². The molecule has 3 aliphatic heterocycles. The molecule has 2 amide bonds. The first-order valence-corrected chi connectivity index (χ1v) is 11.3. The molecule has 0 spiro atoms. The molecule has 3 aliphatic rings. The number of ether oxygens (including phenoxy) is 1. The van der Waals surface area contributed by atoms with Crippen molar-refractivity contribution in [2.24, 2.45) is 5.41 Å².